The molecule has 0 aliphatic heterocycles. The number of rotatable bonds is 3. The van der Waals surface area contributed by atoms with Crippen molar-refractivity contribution in [2.75, 3.05) is 0 Å². The Kier molecular flexibility index (Phi) is 6.83. The monoisotopic (exact) mass is 358 g/mol. The quantitative estimate of drug-likeness (QED) is 0.563. The fourth-order valence-electron chi connectivity index (χ4n) is 2.87. The number of allylic oxidation sites excluding steroid dienone is 1. The Balaban J connectivity index is 0.000001000. The zero-order chi connectivity index (χ0) is 12.5. The van der Waals surface area contributed by atoms with Gasteiger partial charge in [0.1, 0.15) is 0 Å². The van der Waals surface area contributed by atoms with E-state index in [1.807, 2.05) is 0 Å². The minimum atomic E-state index is -1.22. The van der Waals surface area contributed by atoms with Crippen molar-refractivity contribution in [1.29, 1.82) is 0 Å². The van der Waals surface area contributed by atoms with Crippen molar-refractivity contribution in [3.05, 3.63) is 59.8 Å². The molecule has 2 aromatic rings. The number of aromatic nitrogens is 1. The number of hydrogen-bond donors (Lipinski definition) is 1. The summed E-state index contributed by atoms with van der Waals surface area (Å²) in [6.45, 7) is 4.43. The normalized spacial score (nSPS) is 15.4. The van der Waals surface area contributed by atoms with Crippen LogP contribution in [0.4, 0.5) is 0 Å². The summed E-state index contributed by atoms with van der Waals surface area (Å²) in [5, 5.41) is 0. The summed E-state index contributed by atoms with van der Waals surface area (Å²) in [4.78, 5) is 3.50. The minimum absolute atomic E-state index is 0. The summed E-state index contributed by atoms with van der Waals surface area (Å²) in [6, 6.07) is 13.4. The number of H-pyrrole nitrogens is 1. The third-order valence-electron chi connectivity index (χ3n) is 3.67. The molecule has 1 atom stereocenters. The molecule has 105 valence electrons. The van der Waals surface area contributed by atoms with Gasteiger partial charge in [-0.1, -0.05) is 0 Å². The second-order valence-corrected chi connectivity index (χ2v) is 18.7. The topological polar surface area (TPSA) is 15.8 Å². The first-order valence-corrected chi connectivity index (χ1v) is 13.8. The van der Waals surface area contributed by atoms with Gasteiger partial charge in [0.15, 0.2) is 0 Å². The van der Waals surface area contributed by atoms with Gasteiger partial charge in [-0.15, -0.1) is 0 Å². The second kappa shape index (κ2) is 7.67. The van der Waals surface area contributed by atoms with E-state index in [1.165, 1.54) is 5.56 Å². The molecule has 1 nitrogen and oxygen atoms in total. The van der Waals surface area contributed by atoms with Crippen LogP contribution < -0.4 is 28.8 Å². The fraction of sp³-hybridized carbons (Fsp3) is 0.200. The molecule has 1 aliphatic carbocycles. The van der Waals surface area contributed by atoms with Crippen LogP contribution in [0.2, 0.25) is 13.1 Å². The Bertz CT molecular complexity index is 569. The predicted molar refractivity (Wildman–Crippen MR) is 77.5 cm³/mol. The standard InChI is InChI=1S/C9H7.C4H4N.C2H7Si.2ClH.Ti/c1-2-5-9-7-3-6-8(9)4-1;1-2-4-5-3-1;1-3-2;;;/h1-7H;1-3,5H;3H,1-2H3;2*1H;/q;;;;;+2/p-2. The molecule has 0 fully saturated rings. The molecule has 1 heterocycles. The molecule has 3 rings (SSSR count). The second-order valence-electron chi connectivity index (χ2n) is 5.16. The number of benzene rings is 1. The third-order valence-corrected chi connectivity index (χ3v) is 16.8. The molecule has 1 aromatic carbocycles. The van der Waals surface area contributed by atoms with Crippen LogP contribution in [-0.2, 0) is 17.1 Å². The van der Waals surface area contributed by atoms with Crippen molar-refractivity contribution in [1.82, 2.24) is 4.98 Å². The Morgan fingerprint density at radius 2 is 1.80 bits per heavy atom. The zero-order valence-corrected chi connectivity index (χ0v) is 15.8. The van der Waals surface area contributed by atoms with Crippen molar-refractivity contribution < 1.29 is 41.9 Å². The number of hydrogen-bond acceptors (Lipinski definition) is 0. The fourth-order valence-corrected chi connectivity index (χ4v) is 15.2. The van der Waals surface area contributed by atoms with Crippen LogP contribution >= 0.6 is 0 Å². The summed E-state index contributed by atoms with van der Waals surface area (Å²) in [5.41, 5.74) is 3.01. The number of fused-ring (bicyclic) bond motifs is 1. The van der Waals surface area contributed by atoms with Crippen molar-refractivity contribution in [2.45, 2.75) is 17.3 Å². The first-order chi connectivity index (χ1) is 8.77. The molecular formula is C15H18Cl2NSiTi. The van der Waals surface area contributed by atoms with Crippen molar-refractivity contribution in [3.8, 4) is 0 Å². The van der Waals surface area contributed by atoms with Gasteiger partial charge in [0.2, 0.25) is 0 Å². The Hall–Kier alpha value is -0.249. The molecule has 1 aliphatic rings. The average Bonchev–Trinajstić information content (AvgIpc) is 3.00. The van der Waals surface area contributed by atoms with E-state index >= 15 is 0 Å². The van der Waals surface area contributed by atoms with E-state index in [2.05, 4.69) is 72.8 Å². The van der Waals surface area contributed by atoms with Gasteiger partial charge in [-0.05, 0) is 0 Å². The van der Waals surface area contributed by atoms with E-state index in [-0.39, 0.29) is 24.8 Å². The maximum atomic E-state index is 3.50. The van der Waals surface area contributed by atoms with E-state index in [0.717, 1.165) is 4.22 Å². The van der Waals surface area contributed by atoms with E-state index < -0.39 is 23.8 Å². The number of halogens is 2. The number of aromatic amines is 1. The Morgan fingerprint density at radius 1 is 1.05 bits per heavy atom. The van der Waals surface area contributed by atoms with E-state index in [1.54, 1.807) is 9.56 Å². The van der Waals surface area contributed by atoms with Gasteiger partial charge >= 0.3 is 116 Å². The molecule has 1 unspecified atom stereocenters. The molecule has 1 N–H and O–H groups in total. The molecule has 0 saturated heterocycles. The molecule has 1 aromatic heterocycles. The molecule has 20 heavy (non-hydrogen) atoms. The number of nitrogens with one attached hydrogen (secondary N) is 1. The molecule has 0 saturated carbocycles. The first-order valence-electron chi connectivity index (χ1n) is 6.55. The van der Waals surface area contributed by atoms with Gasteiger partial charge in [0, 0.05) is 0 Å². The summed E-state index contributed by atoms with van der Waals surface area (Å²) in [5.74, 6) is 0. The van der Waals surface area contributed by atoms with Gasteiger partial charge in [0.25, 0.3) is 0 Å². The zero-order valence-electron chi connectivity index (χ0n) is 11.6. The summed E-state index contributed by atoms with van der Waals surface area (Å²) in [7, 11) is 0. The minimum Gasteiger partial charge on any atom is -1.00 e. The maximum Gasteiger partial charge on any atom is -1.00 e. The molecule has 5 heteroatoms. The van der Waals surface area contributed by atoms with E-state index in [4.69, 9.17) is 0 Å². The van der Waals surface area contributed by atoms with Gasteiger partial charge in [-0.3, -0.25) is 0 Å². The summed E-state index contributed by atoms with van der Waals surface area (Å²) < 4.78 is 2.30. The van der Waals surface area contributed by atoms with Gasteiger partial charge < -0.3 is 24.8 Å². The molecular weight excluding hydrogens is 341 g/mol. The van der Waals surface area contributed by atoms with Gasteiger partial charge in [-0.25, -0.2) is 0 Å². The Morgan fingerprint density at radius 3 is 2.45 bits per heavy atom. The average molecular weight is 359 g/mol. The van der Waals surface area contributed by atoms with E-state index in [0.29, 0.717) is 0 Å². The van der Waals surface area contributed by atoms with Crippen LogP contribution in [0.1, 0.15) is 15.3 Å². The predicted octanol–water partition coefficient (Wildman–Crippen LogP) is -2.98. The molecule has 0 amide bonds. The van der Waals surface area contributed by atoms with Crippen molar-refractivity contribution >= 4 is 16.7 Å². The van der Waals surface area contributed by atoms with Crippen LogP contribution in [0.25, 0.3) is 6.08 Å². The van der Waals surface area contributed by atoms with E-state index in [9.17, 15) is 0 Å². The first kappa shape index (κ1) is 17.8. The van der Waals surface area contributed by atoms with Crippen molar-refractivity contribution in [3.63, 3.8) is 0 Å². The molecule has 0 radical (unpaired) electrons. The molecule has 0 bridgehead atoms. The van der Waals surface area contributed by atoms with Crippen LogP contribution in [0.3, 0.4) is 0 Å². The summed E-state index contributed by atoms with van der Waals surface area (Å²) in [6.07, 6.45) is 6.88. The third kappa shape index (κ3) is 3.32. The maximum absolute atomic E-state index is 3.50. The van der Waals surface area contributed by atoms with Crippen LogP contribution in [-0.4, -0.2) is 11.6 Å². The molecule has 0 spiro atoms. The van der Waals surface area contributed by atoms with Gasteiger partial charge in [-0.2, -0.15) is 0 Å². The van der Waals surface area contributed by atoms with Gasteiger partial charge in [0.05, 0.1) is 0 Å². The SMILES string of the molecule is C[SiH](C)[Ti+2]([c]1ccc[nH]1)[CH]1C=Cc2ccccc21.[Cl-].[Cl-]. The Labute approximate surface area is 140 Å². The van der Waals surface area contributed by atoms with Crippen LogP contribution in [0, 0.1) is 0 Å². The van der Waals surface area contributed by atoms with Crippen LogP contribution in [0.15, 0.2) is 48.7 Å². The largest absolute Gasteiger partial charge is 1.00 e. The van der Waals surface area contributed by atoms with Crippen LogP contribution in [0.5, 0.6) is 0 Å². The van der Waals surface area contributed by atoms with Crippen molar-refractivity contribution in [2.24, 2.45) is 0 Å². The summed E-state index contributed by atoms with van der Waals surface area (Å²) >= 11 is -1.22. The smallest absolute Gasteiger partial charge is 1.00 e.